The van der Waals surface area contributed by atoms with E-state index in [1.165, 1.54) is 21.1 Å². The van der Waals surface area contributed by atoms with Gasteiger partial charge in [-0.15, -0.1) is 0 Å². The van der Waals surface area contributed by atoms with Gasteiger partial charge >= 0.3 is 0 Å². The van der Waals surface area contributed by atoms with Crippen LogP contribution in [0.15, 0.2) is 41.4 Å². The number of hydrogen-bond donors (Lipinski definition) is 3. The van der Waals surface area contributed by atoms with E-state index in [4.69, 9.17) is 5.73 Å². The standard InChI is InChI=1S/C23H31N5O5S/c1-23(2,3)22(31)26-17-7-5-6-16(12-17)25-21(30)15-8-10-28(11-9-15)34(32,33)18-13-19(20(24)29)27(4)14-18/h5-7,12-15H,8-11H2,1-4H3,(H2,24,29)(H,25,30)(H,26,31). The van der Waals surface area contributed by atoms with Gasteiger partial charge in [0.25, 0.3) is 5.91 Å². The van der Waals surface area contributed by atoms with E-state index in [2.05, 4.69) is 10.6 Å². The van der Waals surface area contributed by atoms with Crippen LogP contribution in [0.5, 0.6) is 0 Å². The van der Waals surface area contributed by atoms with Gasteiger partial charge in [-0.2, -0.15) is 4.31 Å². The molecule has 1 aromatic carbocycles. The van der Waals surface area contributed by atoms with Crippen LogP contribution in [0.2, 0.25) is 0 Å². The van der Waals surface area contributed by atoms with Gasteiger partial charge in [-0.1, -0.05) is 26.8 Å². The van der Waals surface area contributed by atoms with E-state index < -0.39 is 21.3 Å². The Hall–Kier alpha value is -3.18. The van der Waals surface area contributed by atoms with Crippen molar-refractivity contribution in [1.82, 2.24) is 8.87 Å². The Morgan fingerprint density at radius 1 is 1.03 bits per heavy atom. The molecule has 0 atom stereocenters. The van der Waals surface area contributed by atoms with Crippen LogP contribution in [0.25, 0.3) is 0 Å². The molecule has 184 valence electrons. The Morgan fingerprint density at radius 2 is 1.62 bits per heavy atom. The zero-order valence-corrected chi connectivity index (χ0v) is 20.6. The van der Waals surface area contributed by atoms with E-state index in [1.807, 2.05) is 20.8 Å². The summed E-state index contributed by atoms with van der Waals surface area (Å²) in [4.78, 5) is 36.4. The maximum absolute atomic E-state index is 13.0. The van der Waals surface area contributed by atoms with E-state index in [9.17, 15) is 22.8 Å². The number of nitrogens with one attached hydrogen (secondary N) is 2. The molecule has 11 heteroatoms. The first kappa shape index (κ1) is 25.4. The molecule has 1 saturated heterocycles. The highest BCUT2D eigenvalue weighted by molar-refractivity contribution is 7.89. The van der Waals surface area contributed by atoms with Crippen molar-refractivity contribution < 1.29 is 22.8 Å². The molecule has 3 amide bonds. The fourth-order valence-corrected chi connectivity index (χ4v) is 5.21. The Balaban J connectivity index is 1.61. The summed E-state index contributed by atoms with van der Waals surface area (Å²) in [6.45, 7) is 5.81. The number of nitrogens with two attached hydrogens (primary N) is 1. The van der Waals surface area contributed by atoms with Crippen molar-refractivity contribution in [3.05, 3.63) is 42.2 Å². The Morgan fingerprint density at radius 3 is 2.15 bits per heavy atom. The SMILES string of the molecule is Cn1cc(S(=O)(=O)N2CCC(C(=O)Nc3cccc(NC(=O)C(C)(C)C)c3)CC2)cc1C(N)=O. The normalized spacial score (nSPS) is 15.6. The third kappa shape index (κ3) is 5.65. The fraction of sp³-hybridized carbons (Fsp3) is 0.435. The smallest absolute Gasteiger partial charge is 0.265 e. The van der Waals surface area contributed by atoms with E-state index in [0.29, 0.717) is 24.2 Å². The second-order valence-electron chi connectivity index (χ2n) is 9.49. The van der Waals surface area contributed by atoms with Crippen LogP contribution in [0.4, 0.5) is 11.4 Å². The van der Waals surface area contributed by atoms with Crippen molar-refractivity contribution in [3.8, 4) is 0 Å². The summed E-state index contributed by atoms with van der Waals surface area (Å²) in [5.41, 5.74) is 5.97. The highest BCUT2D eigenvalue weighted by atomic mass is 32.2. The lowest BCUT2D eigenvalue weighted by Crippen LogP contribution is -2.41. The van der Waals surface area contributed by atoms with Crippen LogP contribution in [0.1, 0.15) is 44.1 Å². The number of sulfonamides is 1. The van der Waals surface area contributed by atoms with Crippen molar-refractivity contribution in [2.75, 3.05) is 23.7 Å². The molecule has 3 rings (SSSR count). The highest BCUT2D eigenvalue weighted by Crippen LogP contribution is 2.26. The number of primary amides is 1. The van der Waals surface area contributed by atoms with Gasteiger partial charge in [0.05, 0.1) is 0 Å². The van der Waals surface area contributed by atoms with Crippen LogP contribution in [0, 0.1) is 11.3 Å². The van der Waals surface area contributed by atoms with Gasteiger partial charge in [-0.05, 0) is 37.1 Å². The second-order valence-corrected chi connectivity index (χ2v) is 11.4. The summed E-state index contributed by atoms with van der Waals surface area (Å²) in [6, 6.07) is 8.17. The van der Waals surface area contributed by atoms with Crippen molar-refractivity contribution >= 4 is 39.1 Å². The van der Waals surface area contributed by atoms with Crippen LogP contribution >= 0.6 is 0 Å². The van der Waals surface area contributed by atoms with Crippen molar-refractivity contribution in [2.24, 2.45) is 24.1 Å². The molecule has 1 fully saturated rings. The maximum atomic E-state index is 13.0. The molecule has 10 nitrogen and oxygen atoms in total. The molecule has 2 aromatic rings. The number of carbonyl (C=O) groups excluding carboxylic acids is 3. The molecule has 0 radical (unpaired) electrons. The third-order valence-corrected chi connectivity index (χ3v) is 7.63. The predicted molar refractivity (Wildman–Crippen MR) is 129 cm³/mol. The molecule has 0 saturated carbocycles. The number of hydrogen-bond acceptors (Lipinski definition) is 5. The number of anilines is 2. The van der Waals surface area contributed by atoms with Crippen LogP contribution in [-0.4, -0.2) is 48.1 Å². The molecule has 0 bridgehead atoms. The van der Waals surface area contributed by atoms with Crippen molar-refractivity contribution in [1.29, 1.82) is 0 Å². The molecular formula is C23H31N5O5S. The molecule has 0 unspecified atom stereocenters. The summed E-state index contributed by atoms with van der Waals surface area (Å²) in [7, 11) is -2.25. The lowest BCUT2D eigenvalue weighted by Gasteiger charge is -2.30. The average Bonchev–Trinajstić information content (AvgIpc) is 3.16. The minimum Gasteiger partial charge on any atom is -0.364 e. The van der Waals surface area contributed by atoms with Crippen molar-refractivity contribution in [2.45, 2.75) is 38.5 Å². The number of carbonyl (C=O) groups is 3. The summed E-state index contributed by atoms with van der Waals surface area (Å²) < 4.78 is 28.6. The highest BCUT2D eigenvalue weighted by Gasteiger charge is 2.33. The molecule has 1 aromatic heterocycles. The molecule has 0 aliphatic carbocycles. The topological polar surface area (TPSA) is 144 Å². The summed E-state index contributed by atoms with van der Waals surface area (Å²) in [6.07, 6.45) is 2.09. The van der Waals surface area contributed by atoms with Crippen molar-refractivity contribution in [3.63, 3.8) is 0 Å². The lowest BCUT2D eigenvalue weighted by atomic mass is 9.95. The van der Waals surface area contributed by atoms with Crippen LogP contribution in [0.3, 0.4) is 0 Å². The Bertz CT molecular complexity index is 1200. The first-order valence-corrected chi connectivity index (χ1v) is 12.4. The van der Waals surface area contributed by atoms with Gasteiger partial charge < -0.3 is 20.9 Å². The molecule has 4 N–H and O–H groups in total. The monoisotopic (exact) mass is 489 g/mol. The molecule has 2 heterocycles. The first-order chi connectivity index (χ1) is 15.8. The fourth-order valence-electron chi connectivity index (χ4n) is 3.67. The summed E-state index contributed by atoms with van der Waals surface area (Å²) >= 11 is 0. The van der Waals surface area contributed by atoms with E-state index in [0.717, 1.165) is 0 Å². The molecule has 0 spiro atoms. The van der Waals surface area contributed by atoms with Gasteiger partial charge in [0.2, 0.25) is 21.8 Å². The van der Waals surface area contributed by atoms with Gasteiger partial charge in [0.15, 0.2) is 0 Å². The summed E-state index contributed by atoms with van der Waals surface area (Å²) in [5.74, 6) is -1.39. The largest absolute Gasteiger partial charge is 0.364 e. The van der Waals surface area contributed by atoms with E-state index >= 15 is 0 Å². The van der Waals surface area contributed by atoms with Gasteiger partial charge in [-0.25, -0.2) is 8.42 Å². The van der Waals surface area contributed by atoms with Gasteiger partial charge in [0.1, 0.15) is 10.6 Å². The number of nitrogens with zero attached hydrogens (tertiary/aromatic N) is 2. The summed E-state index contributed by atoms with van der Waals surface area (Å²) in [5, 5.41) is 5.69. The quantitative estimate of drug-likeness (QED) is 0.570. The molecular weight excluding hydrogens is 458 g/mol. The first-order valence-electron chi connectivity index (χ1n) is 11.0. The Kier molecular flexibility index (Phi) is 7.18. The second kappa shape index (κ2) is 9.59. The number of benzene rings is 1. The van der Waals surface area contributed by atoms with E-state index in [1.54, 1.807) is 31.3 Å². The van der Waals surface area contributed by atoms with Crippen LogP contribution < -0.4 is 16.4 Å². The molecule has 1 aliphatic rings. The number of rotatable bonds is 6. The number of piperidine rings is 1. The zero-order valence-electron chi connectivity index (χ0n) is 19.8. The lowest BCUT2D eigenvalue weighted by molar-refractivity contribution is -0.123. The molecule has 1 aliphatic heterocycles. The average molecular weight is 490 g/mol. The maximum Gasteiger partial charge on any atom is 0.265 e. The Labute approximate surface area is 199 Å². The minimum absolute atomic E-state index is 0.000760. The number of aryl methyl sites for hydroxylation is 1. The van der Waals surface area contributed by atoms with Gasteiger partial charge in [0, 0.05) is 49.0 Å². The van der Waals surface area contributed by atoms with Crippen LogP contribution in [-0.2, 0) is 26.7 Å². The number of amides is 3. The van der Waals surface area contributed by atoms with Gasteiger partial charge in [-0.3, -0.25) is 14.4 Å². The third-order valence-electron chi connectivity index (χ3n) is 5.76. The predicted octanol–water partition coefficient (Wildman–Crippen LogP) is 2.15. The molecule has 34 heavy (non-hydrogen) atoms. The number of aromatic nitrogens is 1. The minimum atomic E-state index is -3.80. The van der Waals surface area contributed by atoms with E-state index in [-0.39, 0.29) is 41.4 Å². The zero-order chi connectivity index (χ0) is 25.3.